The summed E-state index contributed by atoms with van der Waals surface area (Å²) in [5.74, 6) is 0. The van der Waals surface area contributed by atoms with Crippen LogP contribution >= 0.6 is 49.9 Å². The summed E-state index contributed by atoms with van der Waals surface area (Å²) in [6, 6.07) is 6.26. The second-order valence-electron chi connectivity index (χ2n) is 3.34. The van der Waals surface area contributed by atoms with Crippen molar-refractivity contribution in [3.63, 3.8) is 0 Å². The van der Waals surface area contributed by atoms with Crippen LogP contribution in [0.1, 0.15) is 10.6 Å². The van der Waals surface area contributed by atoms with E-state index >= 15 is 0 Å². The van der Waals surface area contributed by atoms with Gasteiger partial charge in [-0.25, -0.2) is 4.98 Å². The first-order valence-electron chi connectivity index (χ1n) is 4.74. The fourth-order valence-corrected chi connectivity index (χ4v) is 2.76. The van der Waals surface area contributed by atoms with E-state index in [9.17, 15) is 0 Å². The third-order valence-corrected chi connectivity index (χ3v) is 5.48. The summed E-state index contributed by atoms with van der Waals surface area (Å²) in [4.78, 5) is 5.52. The molecule has 0 spiro atoms. The van der Waals surface area contributed by atoms with Crippen molar-refractivity contribution in [1.29, 1.82) is 0 Å². The molecule has 0 unspecified atom stereocenters. The highest BCUT2D eigenvalue weighted by atomic mass is 127. The van der Waals surface area contributed by atoms with Gasteiger partial charge in [0.15, 0.2) is 0 Å². The van der Waals surface area contributed by atoms with Crippen LogP contribution in [0, 0.1) is 10.5 Å². The molecule has 0 aliphatic heterocycles. The Balaban J connectivity index is 2.05. The fourth-order valence-electron chi connectivity index (χ4n) is 1.28. The Morgan fingerprint density at radius 2 is 2.31 bits per heavy atom. The SMILES string of the molecule is Cc1ncsc1CNc1ccc(Br)c(I)c1. The number of nitrogens with zero attached hydrogens (tertiary/aromatic N) is 1. The highest BCUT2D eigenvalue weighted by Gasteiger charge is 2.02. The maximum absolute atomic E-state index is 4.23. The summed E-state index contributed by atoms with van der Waals surface area (Å²) < 4.78 is 2.34. The van der Waals surface area contributed by atoms with E-state index in [0.717, 1.165) is 22.4 Å². The number of aromatic nitrogens is 1. The summed E-state index contributed by atoms with van der Waals surface area (Å²) >= 11 is 7.49. The van der Waals surface area contributed by atoms with Crippen LogP contribution in [0.2, 0.25) is 0 Å². The molecule has 2 aromatic rings. The number of benzene rings is 1. The van der Waals surface area contributed by atoms with Crippen LogP contribution in [0.15, 0.2) is 28.2 Å². The first-order valence-corrected chi connectivity index (χ1v) is 7.50. The van der Waals surface area contributed by atoms with Crippen molar-refractivity contribution < 1.29 is 0 Å². The minimum atomic E-state index is 0.841. The highest BCUT2D eigenvalue weighted by molar-refractivity contribution is 14.1. The minimum absolute atomic E-state index is 0.841. The van der Waals surface area contributed by atoms with Crippen molar-refractivity contribution >= 4 is 55.5 Å². The Bertz CT molecular complexity index is 498. The molecular formula is C11H10BrIN2S. The van der Waals surface area contributed by atoms with Crippen molar-refractivity contribution in [1.82, 2.24) is 4.98 Å². The van der Waals surface area contributed by atoms with Crippen LogP contribution in [-0.2, 0) is 6.54 Å². The predicted octanol–water partition coefficient (Wildman–Crippen LogP) is 4.43. The summed E-state index contributed by atoms with van der Waals surface area (Å²) in [6.07, 6.45) is 0. The summed E-state index contributed by atoms with van der Waals surface area (Å²) in [5.41, 5.74) is 4.14. The first kappa shape index (κ1) is 12.3. The van der Waals surface area contributed by atoms with E-state index in [4.69, 9.17) is 0 Å². The maximum Gasteiger partial charge on any atom is 0.0798 e. The molecule has 0 saturated carbocycles. The normalized spacial score (nSPS) is 10.4. The van der Waals surface area contributed by atoms with Crippen LogP contribution in [0.25, 0.3) is 0 Å². The van der Waals surface area contributed by atoms with E-state index in [2.05, 4.69) is 67.0 Å². The topological polar surface area (TPSA) is 24.9 Å². The third kappa shape index (κ3) is 2.95. The van der Waals surface area contributed by atoms with Gasteiger partial charge < -0.3 is 5.32 Å². The number of aryl methyl sites for hydroxylation is 1. The zero-order chi connectivity index (χ0) is 11.5. The summed E-state index contributed by atoms with van der Waals surface area (Å²) in [7, 11) is 0. The Kier molecular flexibility index (Phi) is 4.21. The van der Waals surface area contributed by atoms with Crippen molar-refractivity contribution in [2.45, 2.75) is 13.5 Å². The van der Waals surface area contributed by atoms with Gasteiger partial charge in [0.25, 0.3) is 0 Å². The Hall–Kier alpha value is -0.140. The lowest BCUT2D eigenvalue weighted by Gasteiger charge is -2.06. The highest BCUT2D eigenvalue weighted by Crippen LogP contribution is 2.23. The quantitative estimate of drug-likeness (QED) is 0.760. The molecule has 84 valence electrons. The number of anilines is 1. The van der Waals surface area contributed by atoms with E-state index in [0.29, 0.717) is 0 Å². The van der Waals surface area contributed by atoms with Crippen molar-refractivity contribution in [3.8, 4) is 0 Å². The molecule has 0 atom stereocenters. The lowest BCUT2D eigenvalue weighted by Crippen LogP contribution is -1.99. The van der Waals surface area contributed by atoms with Crippen LogP contribution in [0.3, 0.4) is 0 Å². The van der Waals surface area contributed by atoms with Gasteiger partial charge in [0.2, 0.25) is 0 Å². The molecule has 2 nitrogen and oxygen atoms in total. The molecule has 5 heteroatoms. The standard InChI is InChI=1S/C11H10BrIN2S/c1-7-11(16-6-15-7)5-14-8-2-3-9(12)10(13)4-8/h2-4,6,14H,5H2,1H3. The largest absolute Gasteiger partial charge is 0.380 e. The summed E-state index contributed by atoms with van der Waals surface area (Å²) in [6.45, 7) is 2.88. The average Bonchev–Trinajstić information content (AvgIpc) is 2.66. The number of nitrogens with one attached hydrogen (secondary N) is 1. The van der Waals surface area contributed by atoms with E-state index < -0.39 is 0 Å². The van der Waals surface area contributed by atoms with E-state index in [1.54, 1.807) is 11.3 Å². The van der Waals surface area contributed by atoms with Gasteiger partial charge in [-0.3, -0.25) is 0 Å². The van der Waals surface area contributed by atoms with Gasteiger partial charge in [0.05, 0.1) is 17.7 Å². The van der Waals surface area contributed by atoms with Gasteiger partial charge in [-0.15, -0.1) is 11.3 Å². The average molecular weight is 409 g/mol. The number of thiazole rings is 1. The Labute approximate surface area is 121 Å². The lowest BCUT2D eigenvalue weighted by atomic mass is 10.3. The molecule has 0 aliphatic carbocycles. The van der Waals surface area contributed by atoms with E-state index in [-0.39, 0.29) is 0 Å². The van der Waals surface area contributed by atoms with E-state index in [1.807, 2.05) is 12.4 Å². The number of rotatable bonds is 3. The minimum Gasteiger partial charge on any atom is -0.380 e. The number of halogens is 2. The second-order valence-corrected chi connectivity index (χ2v) is 6.30. The molecule has 0 radical (unpaired) electrons. The Morgan fingerprint density at radius 3 is 2.94 bits per heavy atom. The zero-order valence-electron chi connectivity index (χ0n) is 8.63. The van der Waals surface area contributed by atoms with Gasteiger partial charge in [-0.1, -0.05) is 0 Å². The van der Waals surface area contributed by atoms with Crippen molar-refractivity contribution in [2.75, 3.05) is 5.32 Å². The zero-order valence-corrected chi connectivity index (χ0v) is 13.2. The molecule has 1 N–H and O–H groups in total. The lowest BCUT2D eigenvalue weighted by molar-refractivity contribution is 1.12. The first-order chi connectivity index (χ1) is 7.66. The third-order valence-electron chi connectivity index (χ3n) is 2.22. The number of hydrogen-bond acceptors (Lipinski definition) is 3. The molecular weight excluding hydrogens is 399 g/mol. The molecule has 0 saturated heterocycles. The van der Waals surface area contributed by atoms with Crippen LogP contribution < -0.4 is 5.32 Å². The van der Waals surface area contributed by atoms with E-state index in [1.165, 1.54) is 8.45 Å². The van der Waals surface area contributed by atoms with Crippen molar-refractivity contribution in [3.05, 3.63) is 42.3 Å². The van der Waals surface area contributed by atoms with Gasteiger partial charge >= 0.3 is 0 Å². The molecule has 1 aromatic heterocycles. The van der Waals surface area contributed by atoms with Crippen LogP contribution in [0.4, 0.5) is 5.69 Å². The maximum atomic E-state index is 4.23. The molecule has 2 rings (SSSR count). The molecule has 1 aromatic carbocycles. The van der Waals surface area contributed by atoms with Gasteiger partial charge in [-0.2, -0.15) is 0 Å². The smallest absolute Gasteiger partial charge is 0.0798 e. The molecule has 16 heavy (non-hydrogen) atoms. The second kappa shape index (κ2) is 5.46. The molecule has 0 aliphatic rings. The number of hydrogen-bond donors (Lipinski definition) is 1. The van der Waals surface area contributed by atoms with Gasteiger partial charge in [0.1, 0.15) is 0 Å². The monoisotopic (exact) mass is 408 g/mol. The van der Waals surface area contributed by atoms with Crippen LogP contribution in [-0.4, -0.2) is 4.98 Å². The van der Waals surface area contributed by atoms with Gasteiger partial charge in [-0.05, 0) is 63.6 Å². The molecule has 0 amide bonds. The molecule has 0 bridgehead atoms. The summed E-state index contributed by atoms with van der Waals surface area (Å²) in [5, 5.41) is 3.40. The predicted molar refractivity (Wildman–Crippen MR) is 81.0 cm³/mol. The molecule has 1 heterocycles. The molecule has 0 fully saturated rings. The fraction of sp³-hybridized carbons (Fsp3) is 0.182. The Morgan fingerprint density at radius 1 is 1.50 bits per heavy atom. The van der Waals surface area contributed by atoms with Crippen LogP contribution in [0.5, 0.6) is 0 Å². The van der Waals surface area contributed by atoms with Gasteiger partial charge in [0, 0.05) is 18.6 Å². The van der Waals surface area contributed by atoms with Crippen molar-refractivity contribution in [2.24, 2.45) is 0 Å².